The molecule has 1 N–H and O–H groups in total. The highest BCUT2D eigenvalue weighted by molar-refractivity contribution is 7.99. The maximum absolute atomic E-state index is 11.8. The fraction of sp³-hybridized carbons (Fsp3) is 0.400. The first kappa shape index (κ1) is 15.6. The highest BCUT2D eigenvalue weighted by Crippen LogP contribution is 2.21. The van der Waals surface area contributed by atoms with Gasteiger partial charge in [-0.3, -0.25) is 4.79 Å². The molecule has 1 heterocycles. The number of nitrogens with one attached hydrogen (secondary N) is 1. The predicted molar refractivity (Wildman–Crippen MR) is 83.5 cm³/mol. The SMILES string of the molecule is Cc1ccc(NC(=O)CCSc2nnc(C(C)C)o2)cc1. The van der Waals surface area contributed by atoms with Gasteiger partial charge in [0, 0.05) is 23.8 Å². The Morgan fingerprint density at radius 1 is 1.29 bits per heavy atom. The molecule has 21 heavy (non-hydrogen) atoms. The van der Waals surface area contributed by atoms with Crippen LogP contribution in [0.3, 0.4) is 0 Å². The third-order valence-electron chi connectivity index (χ3n) is 2.81. The van der Waals surface area contributed by atoms with Gasteiger partial charge in [-0.1, -0.05) is 43.3 Å². The molecule has 112 valence electrons. The van der Waals surface area contributed by atoms with Crippen molar-refractivity contribution in [1.82, 2.24) is 10.2 Å². The largest absolute Gasteiger partial charge is 0.416 e. The van der Waals surface area contributed by atoms with E-state index in [-0.39, 0.29) is 11.8 Å². The van der Waals surface area contributed by atoms with E-state index in [1.54, 1.807) is 0 Å². The summed E-state index contributed by atoms with van der Waals surface area (Å²) in [7, 11) is 0. The number of rotatable bonds is 6. The lowest BCUT2D eigenvalue weighted by Crippen LogP contribution is -2.12. The fourth-order valence-corrected chi connectivity index (χ4v) is 2.31. The number of amides is 1. The van der Waals surface area contributed by atoms with Gasteiger partial charge in [-0.2, -0.15) is 0 Å². The highest BCUT2D eigenvalue weighted by atomic mass is 32.2. The molecule has 2 rings (SSSR count). The van der Waals surface area contributed by atoms with Crippen molar-refractivity contribution >= 4 is 23.4 Å². The zero-order valence-corrected chi connectivity index (χ0v) is 13.2. The van der Waals surface area contributed by atoms with Gasteiger partial charge in [0.1, 0.15) is 0 Å². The van der Waals surface area contributed by atoms with Crippen molar-refractivity contribution in [2.24, 2.45) is 0 Å². The first-order valence-corrected chi connectivity index (χ1v) is 7.86. The summed E-state index contributed by atoms with van der Waals surface area (Å²) in [5.41, 5.74) is 1.98. The lowest BCUT2D eigenvalue weighted by molar-refractivity contribution is -0.115. The zero-order valence-electron chi connectivity index (χ0n) is 12.4. The summed E-state index contributed by atoms with van der Waals surface area (Å²) in [6.45, 7) is 6.01. The maximum atomic E-state index is 11.8. The molecule has 0 aliphatic rings. The minimum absolute atomic E-state index is 0.0186. The molecular weight excluding hydrogens is 286 g/mol. The van der Waals surface area contributed by atoms with Crippen LogP contribution in [-0.2, 0) is 4.79 Å². The minimum atomic E-state index is -0.0186. The molecule has 0 bridgehead atoms. The van der Waals surface area contributed by atoms with Crippen molar-refractivity contribution in [2.75, 3.05) is 11.1 Å². The van der Waals surface area contributed by atoms with Crippen molar-refractivity contribution in [1.29, 1.82) is 0 Å². The molecule has 0 aliphatic carbocycles. The molecule has 0 fully saturated rings. The zero-order chi connectivity index (χ0) is 15.2. The molecule has 1 amide bonds. The normalized spacial score (nSPS) is 10.9. The Labute approximate surface area is 128 Å². The van der Waals surface area contributed by atoms with Gasteiger partial charge in [0.15, 0.2) is 0 Å². The van der Waals surface area contributed by atoms with E-state index in [1.165, 1.54) is 17.3 Å². The molecule has 0 radical (unpaired) electrons. The Morgan fingerprint density at radius 2 is 2.00 bits per heavy atom. The van der Waals surface area contributed by atoms with Crippen LogP contribution in [0.1, 0.15) is 37.6 Å². The molecule has 1 aromatic heterocycles. The van der Waals surface area contributed by atoms with Crippen LogP contribution in [0.4, 0.5) is 5.69 Å². The van der Waals surface area contributed by atoms with E-state index in [1.807, 2.05) is 45.0 Å². The highest BCUT2D eigenvalue weighted by Gasteiger charge is 2.10. The quantitative estimate of drug-likeness (QED) is 0.825. The van der Waals surface area contributed by atoms with Gasteiger partial charge in [0.05, 0.1) is 0 Å². The second-order valence-electron chi connectivity index (χ2n) is 5.07. The van der Waals surface area contributed by atoms with E-state index in [0.717, 1.165) is 5.69 Å². The first-order chi connectivity index (χ1) is 10.0. The van der Waals surface area contributed by atoms with Crippen LogP contribution in [-0.4, -0.2) is 21.9 Å². The van der Waals surface area contributed by atoms with E-state index >= 15 is 0 Å². The van der Waals surface area contributed by atoms with Crippen molar-refractivity contribution in [2.45, 2.75) is 38.3 Å². The number of hydrogen-bond acceptors (Lipinski definition) is 5. The third kappa shape index (κ3) is 4.90. The van der Waals surface area contributed by atoms with Gasteiger partial charge < -0.3 is 9.73 Å². The lowest BCUT2D eigenvalue weighted by atomic mass is 10.2. The summed E-state index contributed by atoms with van der Waals surface area (Å²) in [5, 5.41) is 11.3. The van der Waals surface area contributed by atoms with Crippen LogP contribution in [0.5, 0.6) is 0 Å². The van der Waals surface area contributed by atoms with Crippen molar-refractivity contribution < 1.29 is 9.21 Å². The Balaban J connectivity index is 1.74. The van der Waals surface area contributed by atoms with Crippen molar-refractivity contribution in [3.8, 4) is 0 Å². The smallest absolute Gasteiger partial charge is 0.276 e. The van der Waals surface area contributed by atoms with Gasteiger partial charge in [-0.15, -0.1) is 10.2 Å². The second-order valence-corrected chi connectivity index (χ2v) is 6.12. The Bertz CT molecular complexity index is 593. The average molecular weight is 305 g/mol. The number of aryl methyl sites for hydroxylation is 1. The maximum Gasteiger partial charge on any atom is 0.276 e. The van der Waals surface area contributed by atoms with Gasteiger partial charge in [-0.25, -0.2) is 0 Å². The van der Waals surface area contributed by atoms with E-state index < -0.39 is 0 Å². The summed E-state index contributed by atoms with van der Waals surface area (Å²) in [5.74, 6) is 1.44. The molecule has 2 aromatic rings. The van der Waals surface area contributed by atoms with Crippen LogP contribution >= 0.6 is 11.8 Å². The summed E-state index contributed by atoms with van der Waals surface area (Å²) in [6, 6.07) is 7.73. The number of aromatic nitrogens is 2. The molecule has 0 spiro atoms. The van der Waals surface area contributed by atoms with Gasteiger partial charge in [-0.05, 0) is 19.1 Å². The molecule has 6 heteroatoms. The number of benzene rings is 1. The van der Waals surface area contributed by atoms with Crippen LogP contribution < -0.4 is 5.32 Å². The molecule has 1 aromatic carbocycles. The van der Waals surface area contributed by atoms with Crippen LogP contribution in [0.15, 0.2) is 33.9 Å². The van der Waals surface area contributed by atoms with E-state index in [0.29, 0.717) is 23.3 Å². The Morgan fingerprint density at radius 3 is 2.62 bits per heavy atom. The molecule has 0 unspecified atom stereocenters. The van der Waals surface area contributed by atoms with Crippen LogP contribution in [0.25, 0.3) is 0 Å². The molecular formula is C15H19N3O2S. The Kier molecular flexibility index (Phi) is 5.38. The second kappa shape index (κ2) is 7.26. The van der Waals surface area contributed by atoms with E-state index in [2.05, 4.69) is 15.5 Å². The monoisotopic (exact) mass is 305 g/mol. The van der Waals surface area contributed by atoms with Crippen LogP contribution in [0.2, 0.25) is 0 Å². The first-order valence-electron chi connectivity index (χ1n) is 6.87. The number of carbonyl (C=O) groups excluding carboxylic acids is 1. The standard InChI is InChI=1S/C15H19N3O2S/c1-10(2)14-17-18-15(20-14)21-9-8-13(19)16-12-6-4-11(3)5-7-12/h4-7,10H,8-9H2,1-3H3,(H,16,19). The van der Waals surface area contributed by atoms with Crippen LogP contribution in [0, 0.1) is 6.92 Å². The average Bonchev–Trinajstić information content (AvgIpc) is 2.90. The number of nitrogens with zero attached hydrogens (tertiary/aromatic N) is 2. The summed E-state index contributed by atoms with van der Waals surface area (Å²) in [4.78, 5) is 11.8. The number of thioether (sulfide) groups is 1. The fourth-order valence-electron chi connectivity index (χ4n) is 1.60. The number of anilines is 1. The molecule has 0 saturated heterocycles. The van der Waals surface area contributed by atoms with Crippen molar-refractivity contribution in [3.05, 3.63) is 35.7 Å². The van der Waals surface area contributed by atoms with E-state index in [9.17, 15) is 4.79 Å². The molecule has 5 nitrogen and oxygen atoms in total. The lowest BCUT2D eigenvalue weighted by Gasteiger charge is -2.04. The number of hydrogen-bond donors (Lipinski definition) is 1. The molecule has 0 atom stereocenters. The summed E-state index contributed by atoms with van der Waals surface area (Å²) in [6.07, 6.45) is 0.401. The minimum Gasteiger partial charge on any atom is -0.416 e. The van der Waals surface area contributed by atoms with Gasteiger partial charge in [0.2, 0.25) is 11.8 Å². The Hall–Kier alpha value is -1.82. The van der Waals surface area contributed by atoms with Crippen molar-refractivity contribution in [3.63, 3.8) is 0 Å². The van der Waals surface area contributed by atoms with Gasteiger partial charge >= 0.3 is 0 Å². The molecule has 0 saturated carbocycles. The van der Waals surface area contributed by atoms with E-state index in [4.69, 9.17) is 4.42 Å². The summed E-state index contributed by atoms with van der Waals surface area (Å²) >= 11 is 1.40. The summed E-state index contributed by atoms with van der Waals surface area (Å²) < 4.78 is 5.47. The number of carbonyl (C=O) groups is 1. The molecule has 0 aliphatic heterocycles. The topological polar surface area (TPSA) is 68.0 Å². The predicted octanol–water partition coefficient (Wildman–Crippen LogP) is 3.62. The third-order valence-corrected chi connectivity index (χ3v) is 3.63. The van der Waals surface area contributed by atoms with Gasteiger partial charge in [0.25, 0.3) is 5.22 Å².